The van der Waals surface area contributed by atoms with Crippen LogP contribution in [0.1, 0.15) is 0 Å². The van der Waals surface area contributed by atoms with Gasteiger partial charge < -0.3 is 18.9 Å². The largest absolute Gasteiger partial charge is 0.495 e. The number of fused-ring (bicyclic) bond motifs is 1. The van der Waals surface area contributed by atoms with Gasteiger partial charge in [-0.2, -0.15) is 0 Å². The van der Waals surface area contributed by atoms with Crippen molar-refractivity contribution >= 4 is 10.9 Å². The van der Waals surface area contributed by atoms with E-state index in [1.165, 1.54) is 32.2 Å². The molecule has 0 aliphatic heterocycles. The van der Waals surface area contributed by atoms with E-state index in [-0.39, 0.29) is 5.56 Å². The summed E-state index contributed by atoms with van der Waals surface area (Å²) < 4.78 is 22.8. The highest BCUT2D eigenvalue weighted by Crippen LogP contribution is 2.41. The molecule has 0 aliphatic carbocycles. The molecule has 0 unspecified atom stereocenters. The Morgan fingerprint density at radius 2 is 1.56 bits per heavy atom. The molecule has 0 atom stereocenters. The predicted octanol–water partition coefficient (Wildman–Crippen LogP) is 2.42. The van der Waals surface area contributed by atoms with Crippen LogP contribution < -0.4 is 24.5 Å². The van der Waals surface area contributed by atoms with Gasteiger partial charge in [0, 0.05) is 0 Å². The zero-order valence-corrected chi connectivity index (χ0v) is 14.4. The molecule has 1 aromatic heterocycles. The Morgan fingerprint density at radius 3 is 2.20 bits per heavy atom. The van der Waals surface area contributed by atoms with E-state index in [0.29, 0.717) is 39.6 Å². The average molecular weight is 342 g/mol. The second kappa shape index (κ2) is 6.72. The summed E-state index contributed by atoms with van der Waals surface area (Å²) in [5.41, 5.74) is 0.725. The van der Waals surface area contributed by atoms with Crippen molar-refractivity contribution < 1.29 is 18.9 Å². The smallest absolute Gasteiger partial charge is 0.266 e. The van der Waals surface area contributed by atoms with Gasteiger partial charge in [-0.05, 0) is 18.2 Å². The number of methoxy groups -OCH3 is 4. The predicted molar refractivity (Wildman–Crippen MR) is 93.5 cm³/mol. The van der Waals surface area contributed by atoms with Crippen molar-refractivity contribution in [3.8, 4) is 28.7 Å². The van der Waals surface area contributed by atoms with Crippen molar-refractivity contribution in [3.63, 3.8) is 0 Å². The number of rotatable bonds is 5. The third-order valence-corrected chi connectivity index (χ3v) is 3.90. The van der Waals surface area contributed by atoms with Gasteiger partial charge in [-0.3, -0.25) is 9.36 Å². The molecule has 0 amide bonds. The van der Waals surface area contributed by atoms with E-state index in [4.69, 9.17) is 18.9 Å². The van der Waals surface area contributed by atoms with Crippen LogP contribution in [0.15, 0.2) is 41.5 Å². The zero-order valence-electron chi connectivity index (χ0n) is 14.4. The van der Waals surface area contributed by atoms with Gasteiger partial charge in [0.1, 0.15) is 17.6 Å². The lowest BCUT2D eigenvalue weighted by Crippen LogP contribution is -2.20. The topological polar surface area (TPSA) is 71.8 Å². The van der Waals surface area contributed by atoms with Gasteiger partial charge in [-0.25, -0.2) is 4.98 Å². The third-order valence-electron chi connectivity index (χ3n) is 3.90. The van der Waals surface area contributed by atoms with Crippen LogP contribution in [-0.2, 0) is 0 Å². The molecule has 0 bridgehead atoms. The highest BCUT2D eigenvalue weighted by Gasteiger charge is 2.20. The van der Waals surface area contributed by atoms with Gasteiger partial charge in [-0.1, -0.05) is 12.1 Å². The van der Waals surface area contributed by atoms with Crippen LogP contribution in [0.4, 0.5) is 0 Å². The molecule has 25 heavy (non-hydrogen) atoms. The number of hydrogen-bond donors (Lipinski definition) is 0. The van der Waals surface area contributed by atoms with E-state index in [9.17, 15) is 4.79 Å². The van der Waals surface area contributed by atoms with E-state index >= 15 is 0 Å². The molecule has 0 fully saturated rings. The second-order valence-corrected chi connectivity index (χ2v) is 5.13. The molecule has 0 N–H and O–H groups in total. The quantitative estimate of drug-likeness (QED) is 0.709. The monoisotopic (exact) mass is 342 g/mol. The van der Waals surface area contributed by atoms with Crippen molar-refractivity contribution in [2.45, 2.75) is 0 Å². The first-order valence-corrected chi connectivity index (χ1v) is 7.50. The Hall–Kier alpha value is -3.22. The summed E-state index contributed by atoms with van der Waals surface area (Å²) in [6.45, 7) is 0. The minimum absolute atomic E-state index is 0.270. The summed E-state index contributed by atoms with van der Waals surface area (Å²) in [5.74, 6) is 1.70. The van der Waals surface area contributed by atoms with Crippen LogP contribution in [-0.4, -0.2) is 38.0 Å². The summed E-state index contributed by atoms with van der Waals surface area (Å²) in [5, 5.41) is 0.350. The van der Waals surface area contributed by atoms with Gasteiger partial charge >= 0.3 is 0 Å². The third kappa shape index (κ3) is 2.63. The van der Waals surface area contributed by atoms with E-state index in [1.54, 1.807) is 25.3 Å². The van der Waals surface area contributed by atoms with Crippen molar-refractivity contribution in [1.29, 1.82) is 0 Å². The lowest BCUT2D eigenvalue weighted by molar-refractivity contribution is 0.326. The summed E-state index contributed by atoms with van der Waals surface area (Å²) >= 11 is 0. The molecule has 0 saturated heterocycles. The first-order chi connectivity index (χ1) is 12.2. The lowest BCUT2D eigenvalue weighted by atomic mass is 10.2. The Morgan fingerprint density at radius 1 is 0.880 bits per heavy atom. The highest BCUT2D eigenvalue weighted by molar-refractivity contribution is 5.89. The molecular weight excluding hydrogens is 324 g/mol. The molecule has 2 aromatic carbocycles. The maximum absolute atomic E-state index is 13.0. The van der Waals surface area contributed by atoms with Gasteiger partial charge in [0.25, 0.3) is 5.56 Å². The minimum atomic E-state index is -0.270. The Kier molecular flexibility index (Phi) is 4.47. The maximum atomic E-state index is 13.0. The zero-order chi connectivity index (χ0) is 18.0. The molecule has 0 radical (unpaired) electrons. The fraction of sp³-hybridized carbons (Fsp3) is 0.222. The number of hydrogen-bond acceptors (Lipinski definition) is 6. The van der Waals surface area contributed by atoms with Crippen LogP contribution in [0.3, 0.4) is 0 Å². The van der Waals surface area contributed by atoms with E-state index < -0.39 is 0 Å². The summed E-state index contributed by atoms with van der Waals surface area (Å²) in [7, 11) is 6.04. The van der Waals surface area contributed by atoms with Crippen molar-refractivity contribution in [2.75, 3.05) is 28.4 Å². The number of ether oxygens (including phenoxy) is 4. The summed E-state index contributed by atoms with van der Waals surface area (Å²) in [6.07, 6.45) is 1.44. The Balaban J connectivity index is 2.37. The van der Waals surface area contributed by atoms with Crippen molar-refractivity contribution in [3.05, 3.63) is 47.0 Å². The van der Waals surface area contributed by atoms with Gasteiger partial charge in [-0.15, -0.1) is 0 Å². The van der Waals surface area contributed by atoms with Crippen LogP contribution in [0, 0.1) is 0 Å². The van der Waals surface area contributed by atoms with Crippen LogP contribution in [0.5, 0.6) is 23.0 Å². The Bertz CT molecular complexity index is 981. The molecule has 7 heteroatoms. The van der Waals surface area contributed by atoms with Crippen LogP contribution in [0.2, 0.25) is 0 Å². The van der Waals surface area contributed by atoms with E-state index in [2.05, 4.69) is 4.98 Å². The molecule has 7 nitrogen and oxygen atoms in total. The van der Waals surface area contributed by atoms with Gasteiger partial charge in [0.15, 0.2) is 11.5 Å². The van der Waals surface area contributed by atoms with Crippen LogP contribution >= 0.6 is 0 Å². The molecule has 0 saturated carbocycles. The van der Waals surface area contributed by atoms with Gasteiger partial charge in [0.2, 0.25) is 5.75 Å². The maximum Gasteiger partial charge on any atom is 0.266 e. The summed E-state index contributed by atoms with van der Waals surface area (Å²) in [6, 6.07) is 8.81. The number of para-hydroxylation sites is 2. The first-order valence-electron chi connectivity index (χ1n) is 7.50. The second-order valence-electron chi connectivity index (χ2n) is 5.13. The molecule has 0 aliphatic rings. The van der Waals surface area contributed by atoms with Crippen molar-refractivity contribution in [2.24, 2.45) is 0 Å². The standard InChI is InChI=1S/C18H18N2O5/c1-22-13-8-6-5-7-12(13)20-10-19-15-11(18(20)21)9-14(23-2)16(24-3)17(15)25-4/h5-10H,1-4H3. The average Bonchev–Trinajstić information content (AvgIpc) is 2.66. The van der Waals surface area contributed by atoms with Gasteiger partial charge in [0.05, 0.1) is 39.5 Å². The van der Waals surface area contributed by atoms with E-state index in [1.807, 2.05) is 12.1 Å². The molecule has 130 valence electrons. The van der Waals surface area contributed by atoms with Crippen molar-refractivity contribution in [1.82, 2.24) is 9.55 Å². The normalized spacial score (nSPS) is 10.6. The van der Waals surface area contributed by atoms with E-state index in [0.717, 1.165) is 0 Å². The fourth-order valence-corrected chi connectivity index (χ4v) is 2.73. The summed E-state index contributed by atoms with van der Waals surface area (Å²) in [4.78, 5) is 17.4. The fourth-order valence-electron chi connectivity index (χ4n) is 2.73. The number of nitrogens with zero attached hydrogens (tertiary/aromatic N) is 2. The lowest BCUT2D eigenvalue weighted by Gasteiger charge is -2.15. The SMILES string of the molecule is COc1ccccc1-n1cnc2c(OC)c(OC)c(OC)cc2c1=O. The number of aromatic nitrogens is 2. The molecule has 3 rings (SSSR count). The molecule has 3 aromatic rings. The molecular formula is C18H18N2O5. The highest BCUT2D eigenvalue weighted by atomic mass is 16.5. The first kappa shape index (κ1) is 16.6. The molecule has 1 heterocycles. The minimum Gasteiger partial charge on any atom is -0.495 e. The molecule has 0 spiro atoms. The number of benzene rings is 2. The Labute approximate surface area is 144 Å². The van der Waals surface area contributed by atoms with Crippen LogP contribution in [0.25, 0.3) is 16.6 Å².